The number of rotatable bonds is 3. The lowest BCUT2D eigenvalue weighted by Crippen LogP contribution is -2.64. The third-order valence-corrected chi connectivity index (χ3v) is 7.98. The Morgan fingerprint density at radius 2 is 1.67 bits per heavy atom. The quantitative estimate of drug-likeness (QED) is 0.544. The molecule has 1 heterocycles. The minimum absolute atomic E-state index is 0.0222. The van der Waals surface area contributed by atoms with Crippen LogP contribution >= 0.6 is 0 Å². The highest BCUT2D eigenvalue weighted by Gasteiger charge is 2.63. The highest BCUT2D eigenvalue weighted by atomic mass is 16.5. The molecule has 0 bridgehead atoms. The molecule has 2 saturated carbocycles. The van der Waals surface area contributed by atoms with Crippen LogP contribution in [0.1, 0.15) is 73.1 Å². The zero-order valence-corrected chi connectivity index (χ0v) is 16.1. The molecule has 0 N–H and O–H groups in total. The molecule has 3 fully saturated rings. The van der Waals surface area contributed by atoms with Gasteiger partial charge < -0.3 is 9.47 Å². The molecule has 2 aliphatic carbocycles. The summed E-state index contributed by atoms with van der Waals surface area (Å²) in [6, 6.07) is 0. The van der Waals surface area contributed by atoms with Gasteiger partial charge in [0.25, 0.3) is 6.47 Å². The van der Waals surface area contributed by atoms with E-state index in [0.29, 0.717) is 18.3 Å². The van der Waals surface area contributed by atoms with E-state index in [1.165, 1.54) is 6.42 Å². The van der Waals surface area contributed by atoms with Crippen molar-refractivity contribution >= 4 is 6.47 Å². The summed E-state index contributed by atoms with van der Waals surface area (Å²) in [7, 11) is 0. The molecule has 0 amide bonds. The summed E-state index contributed by atoms with van der Waals surface area (Å²) in [6.45, 7) is 16.2. The van der Waals surface area contributed by atoms with Crippen molar-refractivity contribution in [2.45, 2.75) is 90.4 Å². The minimum Gasteiger partial charge on any atom is -0.464 e. The molecule has 0 unspecified atom stereocenters. The molecule has 1 aliphatic heterocycles. The van der Waals surface area contributed by atoms with Crippen molar-refractivity contribution < 1.29 is 14.3 Å². The standard InChI is InChI=1S/C21H34O3/c1-7-19(4)11-8-16-20(5)12-10-17(23-14-22)18(2,3)15(20)9-13-21(16,6)24-19/h7,14-17H,1,8-13H2,2-6H3/t15-,16+,17-,19+,20-,21+/m1/s1. The molecule has 24 heavy (non-hydrogen) atoms. The monoisotopic (exact) mass is 334 g/mol. The van der Waals surface area contributed by atoms with E-state index in [0.717, 1.165) is 32.1 Å². The lowest BCUT2D eigenvalue weighted by atomic mass is 9.44. The van der Waals surface area contributed by atoms with Crippen molar-refractivity contribution in [3.63, 3.8) is 0 Å². The lowest BCUT2D eigenvalue weighted by Gasteiger charge is -2.66. The van der Waals surface area contributed by atoms with Crippen LogP contribution in [0.2, 0.25) is 0 Å². The Morgan fingerprint density at radius 3 is 2.29 bits per heavy atom. The van der Waals surface area contributed by atoms with Gasteiger partial charge in [-0.15, -0.1) is 6.58 Å². The van der Waals surface area contributed by atoms with E-state index in [2.05, 4.69) is 41.2 Å². The second kappa shape index (κ2) is 5.59. The fourth-order valence-corrected chi connectivity index (χ4v) is 6.71. The number of ether oxygens (including phenoxy) is 2. The van der Waals surface area contributed by atoms with Gasteiger partial charge in [0.2, 0.25) is 0 Å². The maximum atomic E-state index is 10.9. The van der Waals surface area contributed by atoms with Crippen molar-refractivity contribution in [2.24, 2.45) is 22.7 Å². The first-order valence-electron chi connectivity index (χ1n) is 9.54. The van der Waals surface area contributed by atoms with Crippen molar-refractivity contribution in [1.29, 1.82) is 0 Å². The van der Waals surface area contributed by atoms with Crippen LogP contribution < -0.4 is 0 Å². The molecule has 3 rings (SSSR count). The molecule has 0 aromatic rings. The molecule has 6 atom stereocenters. The van der Waals surface area contributed by atoms with Crippen LogP contribution in [0.15, 0.2) is 12.7 Å². The molecular weight excluding hydrogens is 300 g/mol. The average Bonchev–Trinajstić information content (AvgIpc) is 2.49. The molecule has 3 heteroatoms. The lowest BCUT2D eigenvalue weighted by molar-refractivity contribution is -0.262. The van der Waals surface area contributed by atoms with Gasteiger partial charge in [0.1, 0.15) is 6.10 Å². The van der Waals surface area contributed by atoms with Crippen LogP contribution in [0, 0.1) is 22.7 Å². The van der Waals surface area contributed by atoms with Crippen LogP contribution in [-0.2, 0) is 14.3 Å². The van der Waals surface area contributed by atoms with Crippen LogP contribution in [0.3, 0.4) is 0 Å². The Kier molecular flexibility index (Phi) is 4.18. The van der Waals surface area contributed by atoms with Gasteiger partial charge in [-0.2, -0.15) is 0 Å². The average molecular weight is 335 g/mol. The second-order valence-corrected chi connectivity index (χ2v) is 9.70. The summed E-state index contributed by atoms with van der Waals surface area (Å²) in [5.41, 5.74) is 0.0127. The van der Waals surface area contributed by atoms with Crippen LogP contribution in [-0.4, -0.2) is 23.8 Å². The zero-order valence-electron chi connectivity index (χ0n) is 16.1. The number of carbonyl (C=O) groups is 1. The zero-order chi connectivity index (χ0) is 17.8. The number of hydrogen-bond donors (Lipinski definition) is 0. The molecular formula is C21H34O3. The summed E-state index contributed by atoms with van der Waals surface area (Å²) in [5.74, 6) is 1.13. The van der Waals surface area contributed by atoms with Crippen molar-refractivity contribution in [1.82, 2.24) is 0 Å². The van der Waals surface area contributed by atoms with E-state index in [1.54, 1.807) is 0 Å². The van der Waals surface area contributed by atoms with Gasteiger partial charge in [-0.05, 0) is 69.6 Å². The fourth-order valence-electron chi connectivity index (χ4n) is 6.71. The summed E-state index contributed by atoms with van der Waals surface area (Å²) in [6.07, 6.45) is 8.58. The molecule has 3 nitrogen and oxygen atoms in total. The summed E-state index contributed by atoms with van der Waals surface area (Å²) in [5, 5.41) is 0. The van der Waals surface area contributed by atoms with Crippen LogP contribution in [0.5, 0.6) is 0 Å². The molecule has 1 saturated heterocycles. The van der Waals surface area contributed by atoms with Gasteiger partial charge in [0.15, 0.2) is 0 Å². The van der Waals surface area contributed by atoms with E-state index in [-0.39, 0.29) is 28.1 Å². The van der Waals surface area contributed by atoms with Gasteiger partial charge in [-0.1, -0.05) is 26.8 Å². The molecule has 0 spiro atoms. The molecule has 0 aromatic heterocycles. The Balaban J connectivity index is 1.92. The number of fused-ring (bicyclic) bond motifs is 3. The molecule has 0 radical (unpaired) electrons. The van der Waals surface area contributed by atoms with Crippen molar-refractivity contribution in [2.75, 3.05) is 0 Å². The van der Waals surface area contributed by atoms with Crippen molar-refractivity contribution in [3.8, 4) is 0 Å². The first-order valence-corrected chi connectivity index (χ1v) is 9.54. The van der Waals surface area contributed by atoms with Crippen LogP contribution in [0.4, 0.5) is 0 Å². The van der Waals surface area contributed by atoms with Gasteiger partial charge >= 0.3 is 0 Å². The van der Waals surface area contributed by atoms with Gasteiger partial charge in [0.05, 0.1) is 11.2 Å². The summed E-state index contributed by atoms with van der Waals surface area (Å²) in [4.78, 5) is 10.9. The van der Waals surface area contributed by atoms with E-state index in [4.69, 9.17) is 9.47 Å². The third-order valence-electron chi connectivity index (χ3n) is 7.98. The van der Waals surface area contributed by atoms with Crippen molar-refractivity contribution in [3.05, 3.63) is 12.7 Å². The third kappa shape index (κ3) is 2.46. The maximum Gasteiger partial charge on any atom is 0.293 e. The fraction of sp³-hybridized carbons (Fsp3) is 0.857. The highest BCUT2D eigenvalue weighted by molar-refractivity contribution is 5.38. The number of hydrogen-bond acceptors (Lipinski definition) is 3. The largest absolute Gasteiger partial charge is 0.464 e. The van der Waals surface area contributed by atoms with E-state index in [9.17, 15) is 4.79 Å². The van der Waals surface area contributed by atoms with Gasteiger partial charge in [0, 0.05) is 5.41 Å². The molecule has 136 valence electrons. The summed E-state index contributed by atoms with van der Waals surface area (Å²) < 4.78 is 12.1. The normalized spacial score (nSPS) is 50.3. The topological polar surface area (TPSA) is 35.5 Å². The summed E-state index contributed by atoms with van der Waals surface area (Å²) >= 11 is 0. The first kappa shape index (κ1) is 18.0. The predicted octanol–water partition coefficient (Wildman–Crippen LogP) is 4.89. The Morgan fingerprint density at radius 1 is 1.00 bits per heavy atom. The van der Waals surface area contributed by atoms with E-state index in [1.807, 2.05) is 6.08 Å². The maximum absolute atomic E-state index is 10.9. The highest BCUT2D eigenvalue weighted by Crippen LogP contribution is 2.65. The Hall–Kier alpha value is -0.830. The number of carbonyl (C=O) groups excluding carboxylic acids is 1. The predicted molar refractivity (Wildman–Crippen MR) is 95.6 cm³/mol. The van der Waals surface area contributed by atoms with Gasteiger partial charge in [-0.3, -0.25) is 4.79 Å². The van der Waals surface area contributed by atoms with E-state index >= 15 is 0 Å². The SMILES string of the molecule is C=C[C@@]1(C)CC[C@H]2[C@]3(C)CC[C@@H](OC=O)C(C)(C)[C@H]3CC[C@]2(C)O1. The Labute approximate surface area is 147 Å². The minimum atomic E-state index is -0.193. The Bertz CT molecular complexity index is 527. The van der Waals surface area contributed by atoms with Gasteiger partial charge in [-0.25, -0.2) is 0 Å². The second-order valence-electron chi connectivity index (χ2n) is 9.70. The van der Waals surface area contributed by atoms with Crippen LogP contribution in [0.25, 0.3) is 0 Å². The molecule has 3 aliphatic rings. The van der Waals surface area contributed by atoms with E-state index < -0.39 is 0 Å². The smallest absolute Gasteiger partial charge is 0.293 e. The first-order chi connectivity index (χ1) is 11.1. The molecule has 0 aromatic carbocycles.